The van der Waals surface area contributed by atoms with Gasteiger partial charge in [0.1, 0.15) is 0 Å². The number of anilines is 1. The molecule has 0 aliphatic heterocycles. The van der Waals surface area contributed by atoms with Crippen molar-refractivity contribution in [3.63, 3.8) is 0 Å². The minimum atomic E-state index is 0.601. The van der Waals surface area contributed by atoms with E-state index in [2.05, 4.69) is 22.4 Å². The molecule has 0 saturated heterocycles. The van der Waals surface area contributed by atoms with Crippen molar-refractivity contribution in [1.29, 1.82) is 0 Å². The summed E-state index contributed by atoms with van der Waals surface area (Å²) < 4.78 is 5.09. The molecule has 0 saturated carbocycles. The molecule has 14 heavy (non-hydrogen) atoms. The van der Waals surface area contributed by atoms with Gasteiger partial charge in [0.25, 0.3) is 5.71 Å². The van der Waals surface area contributed by atoms with Crippen LogP contribution >= 0.6 is 0 Å². The Balaban J connectivity index is 2.81. The molecule has 2 aromatic heterocycles. The van der Waals surface area contributed by atoms with Gasteiger partial charge in [-0.25, -0.2) is 4.98 Å². The predicted octanol–water partition coefficient (Wildman–Crippen LogP) is 2.14. The van der Waals surface area contributed by atoms with E-state index in [0.29, 0.717) is 5.71 Å². The topological polar surface area (TPSA) is 51.0 Å². The van der Waals surface area contributed by atoms with Crippen molar-refractivity contribution in [2.24, 2.45) is 0 Å². The molecule has 0 unspecified atom stereocenters. The van der Waals surface area contributed by atoms with Gasteiger partial charge in [-0.05, 0) is 18.9 Å². The van der Waals surface area contributed by atoms with E-state index >= 15 is 0 Å². The number of hydrogen-bond acceptors (Lipinski definition) is 4. The molecule has 4 heteroatoms. The summed E-state index contributed by atoms with van der Waals surface area (Å²) in [6.07, 6.45) is 2.78. The van der Waals surface area contributed by atoms with Crippen molar-refractivity contribution in [1.82, 2.24) is 10.1 Å². The first-order valence-corrected chi connectivity index (χ1v) is 4.69. The number of aromatic nitrogens is 2. The van der Waals surface area contributed by atoms with E-state index in [1.165, 1.54) is 5.56 Å². The number of nitrogens with zero attached hydrogens (tertiary/aromatic N) is 2. The van der Waals surface area contributed by atoms with Gasteiger partial charge in [-0.3, -0.25) is 0 Å². The third kappa shape index (κ3) is 1.14. The van der Waals surface area contributed by atoms with E-state index in [4.69, 9.17) is 4.52 Å². The largest absolute Gasteiger partial charge is 0.387 e. The second-order valence-corrected chi connectivity index (χ2v) is 3.21. The summed E-state index contributed by atoms with van der Waals surface area (Å²) in [5.74, 6) is 0. The highest BCUT2D eigenvalue weighted by atomic mass is 16.5. The molecular formula is C10H13N3O. The second kappa shape index (κ2) is 3.29. The lowest BCUT2D eigenvalue weighted by atomic mass is 10.1. The van der Waals surface area contributed by atoms with Gasteiger partial charge in [-0.2, -0.15) is 0 Å². The van der Waals surface area contributed by atoms with E-state index in [1.807, 2.05) is 20.2 Å². The summed E-state index contributed by atoms with van der Waals surface area (Å²) in [5, 5.41) is 8.07. The molecule has 2 rings (SSSR count). The zero-order chi connectivity index (χ0) is 10.1. The van der Waals surface area contributed by atoms with Crippen molar-refractivity contribution in [3.8, 4) is 0 Å². The molecule has 74 valence electrons. The fourth-order valence-corrected chi connectivity index (χ4v) is 1.65. The average molecular weight is 191 g/mol. The molecule has 0 atom stereocenters. The summed E-state index contributed by atoms with van der Waals surface area (Å²) >= 11 is 0. The lowest BCUT2D eigenvalue weighted by molar-refractivity contribution is 0.443. The number of nitrogens with one attached hydrogen (secondary N) is 1. The molecule has 1 N–H and O–H groups in total. The Hall–Kier alpha value is -1.58. The van der Waals surface area contributed by atoms with E-state index in [-0.39, 0.29) is 0 Å². The summed E-state index contributed by atoms with van der Waals surface area (Å²) in [6.45, 7) is 4.03. The Bertz CT molecular complexity index is 462. The minimum absolute atomic E-state index is 0.601. The van der Waals surface area contributed by atoms with Crippen LogP contribution in [0.5, 0.6) is 0 Å². The van der Waals surface area contributed by atoms with Crippen molar-refractivity contribution in [2.75, 3.05) is 12.4 Å². The van der Waals surface area contributed by atoms with Gasteiger partial charge < -0.3 is 9.84 Å². The number of pyridine rings is 1. The van der Waals surface area contributed by atoms with Gasteiger partial charge in [-0.1, -0.05) is 12.1 Å². The van der Waals surface area contributed by atoms with Crippen LogP contribution in [-0.4, -0.2) is 17.2 Å². The fraction of sp³-hybridized carbons (Fsp3) is 0.400. The third-order valence-corrected chi connectivity index (χ3v) is 2.38. The van der Waals surface area contributed by atoms with Crippen LogP contribution in [0.25, 0.3) is 11.1 Å². The van der Waals surface area contributed by atoms with Crippen molar-refractivity contribution in [2.45, 2.75) is 20.3 Å². The van der Waals surface area contributed by atoms with Crippen LogP contribution in [0.4, 0.5) is 5.69 Å². The summed E-state index contributed by atoms with van der Waals surface area (Å²) in [5.41, 5.74) is 3.75. The maximum absolute atomic E-state index is 5.09. The van der Waals surface area contributed by atoms with Crippen molar-refractivity contribution >= 4 is 16.8 Å². The van der Waals surface area contributed by atoms with E-state index in [1.54, 1.807) is 0 Å². The van der Waals surface area contributed by atoms with Gasteiger partial charge in [0, 0.05) is 13.2 Å². The van der Waals surface area contributed by atoms with Gasteiger partial charge in [0.05, 0.1) is 16.8 Å². The van der Waals surface area contributed by atoms with Gasteiger partial charge in [0.2, 0.25) is 0 Å². The minimum Gasteiger partial charge on any atom is -0.387 e. The van der Waals surface area contributed by atoms with Crippen LogP contribution in [0.3, 0.4) is 0 Å². The molecule has 0 radical (unpaired) electrons. The first kappa shape index (κ1) is 8.99. The summed E-state index contributed by atoms with van der Waals surface area (Å²) in [6, 6.07) is 0. The Morgan fingerprint density at radius 3 is 2.93 bits per heavy atom. The third-order valence-electron chi connectivity index (χ3n) is 2.38. The highest BCUT2D eigenvalue weighted by Gasteiger charge is 2.12. The fourth-order valence-electron chi connectivity index (χ4n) is 1.65. The molecule has 2 heterocycles. The monoisotopic (exact) mass is 191 g/mol. The molecule has 0 aromatic carbocycles. The smallest absolute Gasteiger partial charge is 0.260 e. The SMILES string of the molecule is CCc1cnc2onc(C)c2c1NC. The number of fused-ring (bicyclic) bond motifs is 1. The lowest BCUT2D eigenvalue weighted by Gasteiger charge is -2.06. The quantitative estimate of drug-likeness (QED) is 0.790. The highest BCUT2D eigenvalue weighted by Crippen LogP contribution is 2.28. The highest BCUT2D eigenvalue weighted by molar-refractivity contribution is 5.91. The predicted molar refractivity (Wildman–Crippen MR) is 55.5 cm³/mol. The van der Waals surface area contributed by atoms with Gasteiger partial charge in [0.15, 0.2) is 0 Å². The lowest BCUT2D eigenvalue weighted by Crippen LogP contribution is -1.96. The molecule has 2 aromatic rings. The molecule has 0 bridgehead atoms. The molecule has 4 nitrogen and oxygen atoms in total. The average Bonchev–Trinajstić information content (AvgIpc) is 2.59. The molecule has 0 spiro atoms. The molecule has 0 aliphatic carbocycles. The molecular weight excluding hydrogens is 178 g/mol. The van der Waals surface area contributed by atoms with Crippen LogP contribution in [0.1, 0.15) is 18.2 Å². The Labute approximate surface area is 82.3 Å². The zero-order valence-electron chi connectivity index (χ0n) is 8.59. The van der Waals surface area contributed by atoms with E-state index in [9.17, 15) is 0 Å². The zero-order valence-corrected chi connectivity index (χ0v) is 8.59. The standard InChI is InChI=1S/C10H13N3O/c1-4-7-5-12-10-8(9(7)11-3)6(2)13-14-10/h5H,4H2,1-3H3,(H,11,12). The van der Waals surface area contributed by atoms with E-state index < -0.39 is 0 Å². The Morgan fingerprint density at radius 2 is 2.29 bits per heavy atom. The van der Waals surface area contributed by atoms with Crippen LogP contribution in [-0.2, 0) is 6.42 Å². The number of rotatable bonds is 2. The first-order chi connectivity index (χ1) is 6.77. The maximum atomic E-state index is 5.09. The maximum Gasteiger partial charge on any atom is 0.260 e. The van der Waals surface area contributed by atoms with Crippen molar-refractivity contribution < 1.29 is 4.52 Å². The normalized spacial score (nSPS) is 10.8. The van der Waals surface area contributed by atoms with Crippen LogP contribution in [0.2, 0.25) is 0 Å². The molecule has 0 amide bonds. The Kier molecular flexibility index (Phi) is 2.11. The summed E-state index contributed by atoms with van der Waals surface area (Å²) in [7, 11) is 1.90. The summed E-state index contributed by atoms with van der Waals surface area (Å²) in [4.78, 5) is 4.21. The van der Waals surface area contributed by atoms with Crippen molar-refractivity contribution in [3.05, 3.63) is 17.5 Å². The van der Waals surface area contributed by atoms with Gasteiger partial charge in [-0.15, -0.1) is 0 Å². The molecule has 0 fully saturated rings. The Morgan fingerprint density at radius 1 is 1.50 bits per heavy atom. The molecule has 0 aliphatic rings. The van der Waals surface area contributed by atoms with E-state index in [0.717, 1.165) is 23.2 Å². The first-order valence-electron chi connectivity index (χ1n) is 4.69. The second-order valence-electron chi connectivity index (χ2n) is 3.21. The van der Waals surface area contributed by atoms with Gasteiger partial charge >= 0.3 is 0 Å². The van der Waals surface area contributed by atoms with Crippen LogP contribution in [0, 0.1) is 6.92 Å². The number of aryl methyl sites for hydroxylation is 2. The van der Waals surface area contributed by atoms with Crippen LogP contribution < -0.4 is 5.32 Å². The number of hydrogen-bond donors (Lipinski definition) is 1. The van der Waals surface area contributed by atoms with Crippen LogP contribution in [0.15, 0.2) is 10.7 Å².